The number of carbonyl (C=O) groups excluding carboxylic acids is 1. The number of rotatable bonds is 3. The van der Waals surface area contributed by atoms with E-state index in [4.69, 9.17) is 0 Å². The fourth-order valence-electron chi connectivity index (χ4n) is 3.14. The van der Waals surface area contributed by atoms with Crippen molar-refractivity contribution < 1.29 is 9.18 Å². The lowest BCUT2D eigenvalue weighted by Gasteiger charge is -2.27. The number of aldehydes is 1. The monoisotopic (exact) mass is 336 g/mol. The Hall–Kier alpha value is -3.13. The summed E-state index contributed by atoms with van der Waals surface area (Å²) in [5.41, 5.74) is 3.41. The molecule has 0 spiro atoms. The lowest BCUT2D eigenvalue weighted by molar-refractivity contribution is 0.112. The van der Waals surface area contributed by atoms with Gasteiger partial charge >= 0.3 is 0 Å². The van der Waals surface area contributed by atoms with Gasteiger partial charge in [0.2, 0.25) is 0 Å². The molecule has 1 fully saturated rings. The van der Waals surface area contributed by atoms with Crippen LogP contribution in [-0.2, 0) is 0 Å². The number of aromatic amines is 1. The van der Waals surface area contributed by atoms with Crippen LogP contribution in [0.1, 0.15) is 16.4 Å². The Morgan fingerprint density at radius 3 is 2.96 bits per heavy atom. The summed E-state index contributed by atoms with van der Waals surface area (Å²) in [5, 5.41) is 8.69. The molecule has 0 bridgehead atoms. The van der Waals surface area contributed by atoms with E-state index in [0.29, 0.717) is 28.1 Å². The first-order valence-corrected chi connectivity index (χ1v) is 7.93. The molecule has 0 radical (unpaired) electrons. The van der Waals surface area contributed by atoms with Gasteiger partial charge in [0.15, 0.2) is 11.9 Å². The van der Waals surface area contributed by atoms with Crippen molar-refractivity contribution >= 4 is 28.4 Å². The number of nitrogens with one attached hydrogen (secondary N) is 2. The minimum absolute atomic E-state index is 0.188. The predicted molar refractivity (Wildman–Crippen MR) is 89.9 cm³/mol. The van der Waals surface area contributed by atoms with Crippen molar-refractivity contribution in [1.82, 2.24) is 30.0 Å². The summed E-state index contributed by atoms with van der Waals surface area (Å²) in [6.07, 6.45) is 3.93. The highest BCUT2D eigenvalue weighted by atomic mass is 19.1. The summed E-state index contributed by atoms with van der Waals surface area (Å²) in [6, 6.07) is 4.80. The first-order chi connectivity index (χ1) is 12.2. The van der Waals surface area contributed by atoms with Crippen molar-refractivity contribution in [3.8, 4) is 11.4 Å². The number of carbonyl (C=O) groups is 1. The SMILES string of the molecule is O=Cc1c[nH]c2ncc(-c3nn(C4CNC4)c4cc(F)ccc34)nc12. The summed E-state index contributed by atoms with van der Waals surface area (Å²) in [7, 11) is 0. The van der Waals surface area contributed by atoms with Crippen LogP contribution in [0.5, 0.6) is 0 Å². The maximum Gasteiger partial charge on any atom is 0.156 e. The van der Waals surface area contributed by atoms with Crippen LogP contribution in [-0.4, -0.2) is 44.1 Å². The third kappa shape index (κ3) is 2.07. The molecule has 0 amide bonds. The fourth-order valence-corrected chi connectivity index (χ4v) is 3.14. The Kier molecular flexibility index (Phi) is 2.95. The van der Waals surface area contributed by atoms with Gasteiger partial charge in [0.25, 0.3) is 0 Å². The zero-order valence-electron chi connectivity index (χ0n) is 13.0. The van der Waals surface area contributed by atoms with E-state index in [-0.39, 0.29) is 11.9 Å². The first kappa shape index (κ1) is 14.2. The average molecular weight is 336 g/mol. The van der Waals surface area contributed by atoms with Crippen molar-refractivity contribution in [3.05, 3.63) is 42.0 Å². The highest BCUT2D eigenvalue weighted by molar-refractivity contribution is 5.96. The number of fused-ring (bicyclic) bond motifs is 2. The van der Waals surface area contributed by atoms with E-state index < -0.39 is 0 Å². The van der Waals surface area contributed by atoms with Gasteiger partial charge in [-0.3, -0.25) is 9.48 Å². The fraction of sp³-hybridized carbons (Fsp3) is 0.176. The molecule has 0 saturated carbocycles. The van der Waals surface area contributed by atoms with Gasteiger partial charge < -0.3 is 10.3 Å². The maximum absolute atomic E-state index is 13.8. The number of hydrogen-bond acceptors (Lipinski definition) is 5. The van der Waals surface area contributed by atoms with Crippen LogP contribution in [0.15, 0.2) is 30.6 Å². The van der Waals surface area contributed by atoms with Gasteiger partial charge in [-0.1, -0.05) is 0 Å². The largest absolute Gasteiger partial charge is 0.344 e. The highest BCUT2D eigenvalue weighted by Crippen LogP contribution is 2.31. The highest BCUT2D eigenvalue weighted by Gasteiger charge is 2.24. The number of H-pyrrole nitrogens is 1. The molecule has 1 aliphatic rings. The lowest BCUT2D eigenvalue weighted by Crippen LogP contribution is -2.43. The van der Waals surface area contributed by atoms with Gasteiger partial charge in [0, 0.05) is 24.7 Å². The lowest BCUT2D eigenvalue weighted by atomic mass is 10.1. The summed E-state index contributed by atoms with van der Waals surface area (Å²) in [5.74, 6) is -0.303. The van der Waals surface area contributed by atoms with Crippen molar-refractivity contribution in [2.45, 2.75) is 6.04 Å². The zero-order chi connectivity index (χ0) is 17.0. The van der Waals surface area contributed by atoms with Crippen LogP contribution < -0.4 is 5.32 Å². The van der Waals surface area contributed by atoms with Gasteiger partial charge in [0.1, 0.15) is 22.7 Å². The van der Waals surface area contributed by atoms with Crippen LogP contribution in [0, 0.1) is 5.82 Å². The van der Waals surface area contributed by atoms with Crippen molar-refractivity contribution in [2.24, 2.45) is 0 Å². The van der Waals surface area contributed by atoms with Crippen LogP contribution in [0.4, 0.5) is 4.39 Å². The van der Waals surface area contributed by atoms with E-state index in [1.165, 1.54) is 12.1 Å². The molecule has 25 heavy (non-hydrogen) atoms. The Balaban J connectivity index is 1.76. The smallest absolute Gasteiger partial charge is 0.156 e. The van der Waals surface area contributed by atoms with E-state index >= 15 is 0 Å². The number of aromatic nitrogens is 5. The molecule has 0 aliphatic carbocycles. The normalized spacial score (nSPS) is 14.9. The maximum atomic E-state index is 13.8. The van der Waals surface area contributed by atoms with Gasteiger partial charge in [-0.25, -0.2) is 14.4 Å². The molecule has 4 heterocycles. The molecule has 0 unspecified atom stereocenters. The standard InChI is InChI=1S/C17H13FN6O/c18-10-1-2-12-14(3-10)24(11-5-19-6-11)23-16(12)13-7-21-17-15(22-13)9(8-25)4-20-17/h1-4,7-8,11,19H,5-6H2,(H,20,21). The third-order valence-electron chi connectivity index (χ3n) is 4.56. The number of benzene rings is 1. The minimum atomic E-state index is -0.303. The second-order valence-corrected chi connectivity index (χ2v) is 6.08. The topological polar surface area (TPSA) is 88.5 Å². The Morgan fingerprint density at radius 2 is 2.20 bits per heavy atom. The van der Waals surface area contributed by atoms with Gasteiger partial charge in [-0.2, -0.15) is 5.10 Å². The quantitative estimate of drug-likeness (QED) is 0.559. The molecule has 4 aromatic rings. The molecule has 124 valence electrons. The van der Waals surface area contributed by atoms with Gasteiger partial charge in [-0.15, -0.1) is 0 Å². The molecule has 2 N–H and O–H groups in total. The molecule has 7 nitrogen and oxygen atoms in total. The second-order valence-electron chi connectivity index (χ2n) is 6.08. The molecule has 8 heteroatoms. The molecule has 1 aliphatic heterocycles. The van der Waals surface area contributed by atoms with E-state index in [0.717, 1.165) is 30.3 Å². The molecular weight excluding hydrogens is 323 g/mol. The van der Waals surface area contributed by atoms with Crippen LogP contribution in [0.3, 0.4) is 0 Å². The molecule has 3 aromatic heterocycles. The van der Waals surface area contributed by atoms with Crippen molar-refractivity contribution in [3.63, 3.8) is 0 Å². The molecular formula is C17H13FN6O. The first-order valence-electron chi connectivity index (χ1n) is 7.93. The zero-order valence-corrected chi connectivity index (χ0v) is 13.0. The van der Waals surface area contributed by atoms with Crippen molar-refractivity contribution in [2.75, 3.05) is 13.1 Å². The summed E-state index contributed by atoms with van der Waals surface area (Å²) in [6.45, 7) is 1.59. The summed E-state index contributed by atoms with van der Waals surface area (Å²) < 4.78 is 15.6. The number of hydrogen-bond donors (Lipinski definition) is 2. The van der Waals surface area contributed by atoms with Crippen LogP contribution in [0.25, 0.3) is 33.5 Å². The van der Waals surface area contributed by atoms with E-state index in [9.17, 15) is 9.18 Å². The van der Waals surface area contributed by atoms with Crippen LogP contribution >= 0.6 is 0 Å². The van der Waals surface area contributed by atoms with Gasteiger partial charge in [0.05, 0.1) is 23.3 Å². The molecule has 1 aromatic carbocycles. The van der Waals surface area contributed by atoms with Crippen molar-refractivity contribution in [1.29, 1.82) is 0 Å². The van der Waals surface area contributed by atoms with E-state index in [1.807, 2.05) is 4.68 Å². The Morgan fingerprint density at radius 1 is 1.32 bits per heavy atom. The summed E-state index contributed by atoms with van der Waals surface area (Å²) in [4.78, 5) is 23.0. The van der Waals surface area contributed by atoms with E-state index in [2.05, 4.69) is 25.4 Å². The van der Waals surface area contributed by atoms with Gasteiger partial charge in [-0.05, 0) is 18.2 Å². The Bertz CT molecular complexity index is 1130. The Labute approximate surface area is 140 Å². The number of nitrogens with zero attached hydrogens (tertiary/aromatic N) is 4. The third-order valence-corrected chi connectivity index (χ3v) is 4.56. The number of halogens is 1. The molecule has 1 saturated heterocycles. The average Bonchev–Trinajstić information content (AvgIpc) is 3.14. The second kappa shape index (κ2) is 5.18. The van der Waals surface area contributed by atoms with Crippen LogP contribution in [0.2, 0.25) is 0 Å². The molecule has 0 atom stereocenters. The van der Waals surface area contributed by atoms with E-state index in [1.54, 1.807) is 18.5 Å². The predicted octanol–water partition coefficient (Wildman–Crippen LogP) is 2.07. The minimum Gasteiger partial charge on any atom is -0.344 e. The molecule has 5 rings (SSSR count). The summed E-state index contributed by atoms with van der Waals surface area (Å²) >= 11 is 0.